The SMILES string of the molecule is COc1cc(NC(=O)C2CCC(N3Cc4c(Br)cc(NC5CNC5)cc4C3=O)CC2)ccc1C. The molecular weight excluding hydrogens is 496 g/mol. The lowest BCUT2D eigenvalue weighted by atomic mass is 9.84. The Labute approximate surface area is 208 Å². The monoisotopic (exact) mass is 526 g/mol. The molecule has 0 spiro atoms. The summed E-state index contributed by atoms with van der Waals surface area (Å²) in [5, 5.41) is 9.80. The van der Waals surface area contributed by atoms with Crippen LogP contribution in [0.25, 0.3) is 0 Å². The number of nitrogens with one attached hydrogen (secondary N) is 3. The van der Waals surface area contributed by atoms with Crippen molar-refractivity contribution in [3.63, 3.8) is 0 Å². The van der Waals surface area contributed by atoms with Crippen molar-refractivity contribution in [2.24, 2.45) is 5.92 Å². The fraction of sp³-hybridized carbons (Fsp3) is 0.462. The predicted octanol–water partition coefficient (Wildman–Crippen LogP) is 4.30. The molecule has 3 aliphatic rings. The van der Waals surface area contributed by atoms with Crippen LogP contribution in [-0.4, -0.2) is 49.0 Å². The van der Waals surface area contributed by atoms with Crippen molar-refractivity contribution in [1.82, 2.24) is 10.2 Å². The quantitative estimate of drug-likeness (QED) is 0.522. The Balaban J connectivity index is 1.19. The average molecular weight is 527 g/mol. The van der Waals surface area contributed by atoms with Gasteiger partial charge in [0.1, 0.15) is 5.75 Å². The number of fused-ring (bicyclic) bond motifs is 1. The summed E-state index contributed by atoms with van der Waals surface area (Å²) in [6.45, 7) is 4.50. The Morgan fingerprint density at radius 3 is 2.56 bits per heavy atom. The molecule has 0 aromatic heterocycles. The number of carbonyl (C=O) groups is 2. The van der Waals surface area contributed by atoms with E-state index in [4.69, 9.17) is 4.74 Å². The highest BCUT2D eigenvalue weighted by atomic mass is 79.9. The second-order valence-corrected chi connectivity index (χ2v) is 10.5. The molecule has 0 radical (unpaired) electrons. The number of amides is 2. The van der Waals surface area contributed by atoms with Crippen LogP contribution in [0, 0.1) is 12.8 Å². The van der Waals surface area contributed by atoms with Gasteiger partial charge >= 0.3 is 0 Å². The molecule has 1 saturated heterocycles. The van der Waals surface area contributed by atoms with Gasteiger partial charge in [-0.05, 0) is 61.9 Å². The largest absolute Gasteiger partial charge is 0.496 e. The van der Waals surface area contributed by atoms with Crippen molar-refractivity contribution in [1.29, 1.82) is 0 Å². The first-order valence-corrected chi connectivity index (χ1v) is 12.8. The van der Waals surface area contributed by atoms with Crippen LogP contribution in [0.4, 0.5) is 11.4 Å². The molecule has 5 rings (SSSR count). The zero-order valence-electron chi connectivity index (χ0n) is 19.6. The highest BCUT2D eigenvalue weighted by Crippen LogP contribution is 2.38. The molecule has 2 amide bonds. The smallest absolute Gasteiger partial charge is 0.254 e. The fourth-order valence-electron chi connectivity index (χ4n) is 5.18. The molecule has 0 bridgehead atoms. The molecule has 7 nitrogen and oxygen atoms in total. The maximum atomic E-state index is 13.3. The van der Waals surface area contributed by atoms with E-state index in [1.165, 1.54) is 0 Å². The van der Waals surface area contributed by atoms with Crippen molar-refractivity contribution in [3.05, 3.63) is 51.5 Å². The van der Waals surface area contributed by atoms with Gasteiger partial charge in [0.25, 0.3) is 5.91 Å². The van der Waals surface area contributed by atoms with Gasteiger partial charge in [-0.2, -0.15) is 0 Å². The van der Waals surface area contributed by atoms with Gasteiger partial charge in [-0.15, -0.1) is 0 Å². The van der Waals surface area contributed by atoms with E-state index in [9.17, 15) is 9.59 Å². The van der Waals surface area contributed by atoms with Crippen LogP contribution >= 0.6 is 15.9 Å². The summed E-state index contributed by atoms with van der Waals surface area (Å²) in [5.41, 5.74) is 4.63. The van der Waals surface area contributed by atoms with Crippen molar-refractivity contribution in [2.45, 2.75) is 51.2 Å². The summed E-state index contributed by atoms with van der Waals surface area (Å²) in [7, 11) is 1.63. The van der Waals surface area contributed by atoms with Gasteiger partial charge in [0.2, 0.25) is 5.91 Å². The van der Waals surface area contributed by atoms with Gasteiger partial charge in [0, 0.05) is 59.1 Å². The molecule has 0 unspecified atom stereocenters. The third-order valence-electron chi connectivity index (χ3n) is 7.35. The molecule has 1 aliphatic carbocycles. The van der Waals surface area contributed by atoms with Crippen molar-refractivity contribution in [2.75, 3.05) is 30.8 Å². The first-order chi connectivity index (χ1) is 16.4. The molecule has 34 heavy (non-hydrogen) atoms. The number of benzene rings is 2. The number of nitrogens with zero attached hydrogens (tertiary/aromatic N) is 1. The Kier molecular flexibility index (Phi) is 6.53. The predicted molar refractivity (Wildman–Crippen MR) is 136 cm³/mol. The highest BCUT2D eigenvalue weighted by Gasteiger charge is 2.37. The van der Waals surface area contributed by atoms with Crippen LogP contribution in [-0.2, 0) is 11.3 Å². The average Bonchev–Trinajstić information content (AvgIpc) is 3.14. The Morgan fingerprint density at radius 2 is 1.88 bits per heavy atom. The van der Waals surface area contributed by atoms with Gasteiger partial charge in [-0.3, -0.25) is 9.59 Å². The lowest BCUT2D eigenvalue weighted by Crippen LogP contribution is -2.51. The maximum Gasteiger partial charge on any atom is 0.254 e. The molecule has 180 valence electrons. The van der Waals surface area contributed by atoms with E-state index in [1.54, 1.807) is 7.11 Å². The number of hydrogen-bond acceptors (Lipinski definition) is 5. The molecule has 1 saturated carbocycles. The molecule has 2 aromatic carbocycles. The molecule has 3 N–H and O–H groups in total. The standard InChI is InChI=1S/C26H31BrN4O3/c1-15-3-6-17(11-24(15)34-2)30-25(32)16-4-7-20(8-5-16)31-14-22-21(26(31)33)9-18(10-23(22)27)29-19-12-28-13-19/h3,6,9-11,16,19-20,28-29H,4-5,7-8,12-14H2,1-2H3,(H,30,32). The topological polar surface area (TPSA) is 82.7 Å². The normalized spacial score (nSPS) is 22.2. The number of hydrogen-bond donors (Lipinski definition) is 3. The van der Waals surface area contributed by atoms with E-state index in [1.807, 2.05) is 36.1 Å². The number of halogens is 1. The second-order valence-electron chi connectivity index (χ2n) is 9.60. The first-order valence-electron chi connectivity index (χ1n) is 12.0. The molecule has 2 fully saturated rings. The van der Waals surface area contributed by atoms with Crippen LogP contribution < -0.4 is 20.7 Å². The summed E-state index contributed by atoms with van der Waals surface area (Å²) >= 11 is 3.69. The maximum absolute atomic E-state index is 13.3. The lowest BCUT2D eigenvalue weighted by Gasteiger charge is -2.34. The third-order valence-corrected chi connectivity index (χ3v) is 8.06. The molecule has 8 heteroatoms. The van der Waals surface area contributed by atoms with Crippen LogP contribution in [0.15, 0.2) is 34.8 Å². The van der Waals surface area contributed by atoms with Gasteiger partial charge < -0.3 is 25.6 Å². The minimum absolute atomic E-state index is 0.0396. The molecule has 0 atom stereocenters. The van der Waals surface area contributed by atoms with Crippen LogP contribution in [0.5, 0.6) is 5.75 Å². The summed E-state index contributed by atoms with van der Waals surface area (Å²) in [6.07, 6.45) is 3.24. The minimum Gasteiger partial charge on any atom is -0.496 e. The summed E-state index contributed by atoms with van der Waals surface area (Å²) in [5.74, 6) is 0.875. The second kappa shape index (κ2) is 9.58. The Hall–Kier alpha value is -2.58. The van der Waals surface area contributed by atoms with Crippen molar-refractivity contribution in [3.8, 4) is 5.75 Å². The molecule has 2 aliphatic heterocycles. The van der Waals surface area contributed by atoms with Crippen molar-refractivity contribution < 1.29 is 14.3 Å². The number of anilines is 2. The number of aryl methyl sites for hydroxylation is 1. The zero-order chi connectivity index (χ0) is 23.8. The summed E-state index contributed by atoms with van der Waals surface area (Å²) in [6, 6.07) is 10.4. The van der Waals surface area contributed by atoms with Gasteiger partial charge in [-0.25, -0.2) is 0 Å². The van der Waals surface area contributed by atoms with E-state index in [2.05, 4.69) is 37.9 Å². The van der Waals surface area contributed by atoms with Crippen molar-refractivity contribution >= 4 is 39.1 Å². The van der Waals surface area contributed by atoms with E-state index in [-0.39, 0.29) is 23.8 Å². The molecule has 2 heterocycles. The zero-order valence-corrected chi connectivity index (χ0v) is 21.2. The summed E-state index contributed by atoms with van der Waals surface area (Å²) in [4.78, 5) is 28.2. The summed E-state index contributed by atoms with van der Waals surface area (Å²) < 4.78 is 6.35. The highest BCUT2D eigenvalue weighted by molar-refractivity contribution is 9.10. The van der Waals surface area contributed by atoms with E-state index < -0.39 is 0 Å². The van der Waals surface area contributed by atoms with Gasteiger partial charge in [-0.1, -0.05) is 22.0 Å². The number of carbonyl (C=O) groups excluding carboxylic acids is 2. The Morgan fingerprint density at radius 1 is 1.12 bits per heavy atom. The van der Waals surface area contributed by atoms with Crippen LogP contribution in [0.1, 0.15) is 47.2 Å². The first kappa shape index (κ1) is 23.2. The lowest BCUT2D eigenvalue weighted by molar-refractivity contribution is -0.121. The van der Waals surface area contributed by atoms with Crippen LogP contribution in [0.2, 0.25) is 0 Å². The van der Waals surface area contributed by atoms with E-state index in [0.717, 1.165) is 77.1 Å². The van der Waals surface area contributed by atoms with Crippen LogP contribution in [0.3, 0.4) is 0 Å². The number of ether oxygens (including phenoxy) is 1. The minimum atomic E-state index is -0.0396. The van der Waals surface area contributed by atoms with Gasteiger partial charge in [0.15, 0.2) is 0 Å². The molecule has 2 aromatic rings. The number of rotatable bonds is 6. The van der Waals surface area contributed by atoms with E-state index >= 15 is 0 Å². The van der Waals surface area contributed by atoms with E-state index in [0.29, 0.717) is 12.6 Å². The number of methoxy groups -OCH3 is 1. The fourth-order valence-corrected chi connectivity index (χ4v) is 5.77. The van der Waals surface area contributed by atoms with Gasteiger partial charge in [0.05, 0.1) is 13.2 Å². The Bertz CT molecular complexity index is 1110. The third kappa shape index (κ3) is 4.53. The molecular formula is C26H31BrN4O3.